The van der Waals surface area contributed by atoms with Gasteiger partial charge >= 0.3 is 11.6 Å². The lowest BCUT2D eigenvalue weighted by atomic mass is 10.1. The maximum atomic E-state index is 12.4. The molecule has 0 atom stereocenters. The Kier molecular flexibility index (Phi) is 7.71. The summed E-state index contributed by atoms with van der Waals surface area (Å²) < 4.78 is 41.9. The van der Waals surface area contributed by atoms with E-state index in [0.717, 1.165) is 22.7 Å². The lowest BCUT2D eigenvalue weighted by Gasteiger charge is -2.06. The molecule has 0 aliphatic carbocycles. The van der Waals surface area contributed by atoms with Crippen molar-refractivity contribution < 1.29 is 32.6 Å². The predicted octanol–water partition coefficient (Wildman–Crippen LogP) is 4.15. The number of carbonyl (C=O) groups is 2. The van der Waals surface area contributed by atoms with Crippen LogP contribution in [0.25, 0.3) is 10.6 Å². The maximum absolute atomic E-state index is 12.4. The van der Waals surface area contributed by atoms with Crippen molar-refractivity contribution in [2.24, 2.45) is 5.73 Å². The Balaban J connectivity index is 1.64. The normalized spacial score (nSPS) is 11.4. The van der Waals surface area contributed by atoms with Crippen LogP contribution >= 0.6 is 34.4 Å². The van der Waals surface area contributed by atoms with Gasteiger partial charge in [0, 0.05) is 10.3 Å². The van der Waals surface area contributed by atoms with Crippen molar-refractivity contribution >= 4 is 51.6 Å². The number of thioether (sulfide) groups is 1. The number of aromatic nitrogens is 2. The van der Waals surface area contributed by atoms with Crippen LogP contribution in [0.3, 0.4) is 0 Å². The van der Waals surface area contributed by atoms with Crippen LogP contribution in [-0.2, 0) is 29.2 Å². The number of nitrogens with zero attached hydrogens (tertiary/aromatic N) is 2. The van der Waals surface area contributed by atoms with Gasteiger partial charge in [0.1, 0.15) is 11.6 Å². The van der Waals surface area contributed by atoms with Crippen LogP contribution < -0.4 is 11.1 Å². The van der Waals surface area contributed by atoms with E-state index in [0.29, 0.717) is 32.0 Å². The average molecular weight is 505 g/mol. The standard InChI is InChI=1S/C18H15F3N4O4S3/c19-18(20,21)32-10-3-1-9(2-4-10)5-13(27)25-17-24-12(8-30-17)15-11(7-29-16(22)28)23-14(6-26)31-15/h1-4,8,26H,5-7H2,(H2,22,28)(H,24,25,27). The van der Waals surface area contributed by atoms with Crippen LogP contribution in [0.5, 0.6) is 0 Å². The number of thiazole rings is 2. The van der Waals surface area contributed by atoms with Gasteiger partial charge in [-0.15, -0.1) is 22.7 Å². The van der Waals surface area contributed by atoms with E-state index in [-0.39, 0.29) is 42.2 Å². The number of hydrogen-bond acceptors (Lipinski definition) is 9. The lowest BCUT2D eigenvalue weighted by Crippen LogP contribution is -2.14. The fourth-order valence-electron chi connectivity index (χ4n) is 2.50. The fraction of sp³-hybridized carbons (Fsp3) is 0.222. The number of rotatable bonds is 8. The number of primary amides is 1. The highest BCUT2D eigenvalue weighted by molar-refractivity contribution is 8.00. The number of ether oxygens (including phenoxy) is 1. The summed E-state index contributed by atoms with van der Waals surface area (Å²) in [6.45, 7) is -0.495. The quantitative estimate of drug-likeness (QED) is 0.393. The molecule has 0 aliphatic heterocycles. The summed E-state index contributed by atoms with van der Waals surface area (Å²) in [4.78, 5) is 32.3. The summed E-state index contributed by atoms with van der Waals surface area (Å²) in [5.41, 5.74) is 2.00. The SMILES string of the molecule is NC(=O)OCc1nc(CO)sc1-c1csc(NC(=O)Cc2ccc(SC(F)(F)F)cc2)n1. The van der Waals surface area contributed by atoms with Gasteiger partial charge in [-0.1, -0.05) is 12.1 Å². The summed E-state index contributed by atoms with van der Waals surface area (Å²) in [5, 5.41) is 14.3. The smallest absolute Gasteiger partial charge is 0.443 e. The van der Waals surface area contributed by atoms with E-state index in [9.17, 15) is 27.9 Å². The molecule has 2 heterocycles. The molecular weight excluding hydrogens is 489 g/mol. The van der Waals surface area contributed by atoms with Gasteiger partial charge in [0.25, 0.3) is 0 Å². The molecule has 1 aromatic carbocycles. The molecule has 4 N–H and O–H groups in total. The highest BCUT2D eigenvalue weighted by Gasteiger charge is 2.29. The van der Waals surface area contributed by atoms with Crippen molar-refractivity contribution in [3.05, 3.63) is 45.9 Å². The van der Waals surface area contributed by atoms with Crippen molar-refractivity contribution in [1.82, 2.24) is 9.97 Å². The molecule has 8 nitrogen and oxygen atoms in total. The molecule has 0 bridgehead atoms. The molecule has 32 heavy (non-hydrogen) atoms. The van der Waals surface area contributed by atoms with Crippen molar-refractivity contribution in [1.29, 1.82) is 0 Å². The number of benzene rings is 1. The van der Waals surface area contributed by atoms with E-state index in [2.05, 4.69) is 15.3 Å². The molecule has 0 unspecified atom stereocenters. The first-order valence-corrected chi connectivity index (χ1v) is 11.3. The molecule has 2 aromatic heterocycles. The lowest BCUT2D eigenvalue weighted by molar-refractivity contribution is -0.115. The number of halogens is 3. The fourth-order valence-corrected chi connectivity index (χ4v) is 4.72. The number of hydrogen-bond donors (Lipinski definition) is 3. The maximum Gasteiger partial charge on any atom is 0.446 e. The largest absolute Gasteiger partial charge is 0.446 e. The average Bonchev–Trinajstić information content (AvgIpc) is 3.33. The summed E-state index contributed by atoms with van der Waals surface area (Å²) in [7, 11) is 0. The number of aliphatic hydroxyl groups is 1. The first-order valence-electron chi connectivity index (χ1n) is 8.75. The van der Waals surface area contributed by atoms with Crippen LogP contribution in [0, 0.1) is 0 Å². The monoisotopic (exact) mass is 504 g/mol. The Labute approximate surface area is 191 Å². The highest BCUT2D eigenvalue weighted by Crippen LogP contribution is 2.37. The topological polar surface area (TPSA) is 127 Å². The van der Waals surface area contributed by atoms with E-state index < -0.39 is 11.6 Å². The molecule has 170 valence electrons. The summed E-state index contributed by atoms with van der Waals surface area (Å²) in [6.07, 6.45) is -1.01. The number of aliphatic hydroxyl groups excluding tert-OH is 1. The molecule has 0 saturated carbocycles. The summed E-state index contributed by atoms with van der Waals surface area (Å²) >= 11 is 2.09. The minimum Gasteiger partial charge on any atom is -0.443 e. The Hall–Kier alpha value is -2.68. The molecular formula is C18H15F3N4O4S3. The van der Waals surface area contributed by atoms with Crippen LogP contribution in [0.2, 0.25) is 0 Å². The molecule has 3 rings (SSSR count). The third kappa shape index (κ3) is 6.91. The van der Waals surface area contributed by atoms with Crippen LogP contribution in [0.4, 0.5) is 23.1 Å². The summed E-state index contributed by atoms with van der Waals surface area (Å²) in [6, 6.07) is 5.53. The number of amides is 2. The van der Waals surface area contributed by atoms with Gasteiger partial charge in [-0.2, -0.15) is 13.2 Å². The Morgan fingerprint density at radius 2 is 1.94 bits per heavy atom. The second kappa shape index (κ2) is 10.3. The highest BCUT2D eigenvalue weighted by atomic mass is 32.2. The van der Waals surface area contributed by atoms with E-state index in [1.807, 2.05) is 0 Å². The van der Waals surface area contributed by atoms with Gasteiger partial charge in [-0.3, -0.25) is 4.79 Å². The minimum atomic E-state index is -4.37. The van der Waals surface area contributed by atoms with Crippen LogP contribution in [0.1, 0.15) is 16.3 Å². The zero-order chi connectivity index (χ0) is 23.3. The van der Waals surface area contributed by atoms with Crippen molar-refractivity contribution in [2.75, 3.05) is 5.32 Å². The zero-order valence-electron chi connectivity index (χ0n) is 16.0. The molecule has 2 amide bonds. The van der Waals surface area contributed by atoms with Gasteiger partial charge in [0.2, 0.25) is 5.91 Å². The van der Waals surface area contributed by atoms with E-state index in [1.165, 1.54) is 24.3 Å². The van der Waals surface area contributed by atoms with E-state index >= 15 is 0 Å². The summed E-state index contributed by atoms with van der Waals surface area (Å²) in [5.74, 6) is -0.389. The first kappa shape index (κ1) is 24.0. The van der Waals surface area contributed by atoms with Crippen molar-refractivity contribution in [3.8, 4) is 10.6 Å². The van der Waals surface area contributed by atoms with E-state index in [1.54, 1.807) is 5.38 Å². The molecule has 0 fully saturated rings. The third-order valence-corrected chi connectivity index (χ3v) is 6.33. The number of carbonyl (C=O) groups excluding carboxylic acids is 2. The number of nitrogens with one attached hydrogen (secondary N) is 1. The first-order chi connectivity index (χ1) is 15.1. The number of anilines is 1. The minimum absolute atomic E-state index is 0.0362. The predicted molar refractivity (Wildman–Crippen MR) is 114 cm³/mol. The third-order valence-electron chi connectivity index (χ3n) is 3.73. The molecule has 0 spiro atoms. The molecule has 0 radical (unpaired) electrons. The zero-order valence-corrected chi connectivity index (χ0v) is 18.5. The Bertz CT molecular complexity index is 1100. The second-order valence-corrected chi connectivity index (χ2v) is 9.18. The number of alkyl halides is 3. The van der Waals surface area contributed by atoms with Gasteiger partial charge in [-0.05, 0) is 29.5 Å². The number of nitrogens with two attached hydrogens (primary N) is 1. The van der Waals surface area contributed by atoms with Gasteiger partial charge in [0.05, 0.1) is 29.3 Å². The Morgan fingerprint density at radius 3 is 2.56 bits per heavy atom. The molecule has 0 aliphatic rings. The van der Waals surface area contributed by atoms with Gasteiger partial charge < -0.3 is 20.9 Å². The van der Waals surface area contributed by atoms with Crippen molar-refractivity contribution in [2.45, 2.75) is 30.0 Å². The van der Waals surface area contributed by atoms with Crippen LogP contribution in [-0.4, -0.2) is 32.6 Å². The van der Waals surface area contributed by atoms with Gasteiger partial charge in [-0.25, -0.2) is 14.8 Å². The molecule has 14 heteroatoms. The Morgan fingerprint density at radius 1 is 1.22 bits per heavy atom. The van der Waals surface area contributed by atoms with E-state index in [4.69, 9.17) is 10.5 Å². The second-order valence-electron chi connectivity index (χ2n) is 6.10. The molecule has 0 saturated heterocycles. The molecule has 3 aromatic rings. The van der Waals surface area contributed by atoms with Crippen LogP contribution in [0.15, 0.2) is 34.5 Å². The van der Waals surface area contributed by atoms with Crippen molar-refractivity contribution in [3.63, 3.8) is 0 Å². The van der Waals surface area contributed by atoms with Gasteiger partial charge in [0.15, 0.2) is 5.13 Å².